The van der Waals surface area contributed by atoms with Crippen LogP contribution in [0.1, 0.15) is 50.2 Å². The van der Waals surface area contributed by atoms with E-state index in [4.69, 9.17) is 5.11 Å². The molecule has 1 aliphatic rings. The molecule has 1 unspecified atom stereocenters. The summed E-state index contributed by atoms with van der Waals surface area (Å²) < 4.78 is 0. The Balaban J connectivity index is 1.94. The first kappa shape index (κ1) is 15.5. The molecule has 0 aromatic heterocycles. The van der Waals surface area contributed by atoms with Gasteiger partial charge in [-0.05, 0) is 50.2 Å². The second-order valence-corrected chi connectivity index (χ2v) is 5.95. The first-order chi connectivity index (χ1) is 10.0. The third kappa shape index (κ3) is 3.63. The van der Waals surface area contributed by atoms with Crippen LogP contribution in [-0.2, 0) is 21.4 Å². The minimum atomic E-state index is -0.783. The lowest BCUT2D eigenvalue weighted by Gasteiger charge is -2.34. The number of aliphatic carboxylic acids is 1. The van der Waals surface area contributed by atoms with Crippen molar-refractivity contribution in [1.82, 2.24) is 5.32 Å². The second kappa shape index (κ2) is 6.74. The van der Waals surface area contributed by atoms with E-state index in [0.29, 0.717) is 19.4 Å². The van der Waals surface area contributed by atoms with Crippen LogP contribution in [0.4, 0.5) is 0 Å². The number of carboxylic acids is 1. The molecule has 21 heavy (non-hydrogen) atoms. The molecule has 0 heterocycles. The van der Waals surface area contributed by atoms with Gasteiger partial charge in [0.15, 0.2) is 0 Å². The molecule has 0 saturated carbocycles. The number of aryl methyl sites for hydroxylation is 1. The number of fused-ring (bicyclic) bond motifs is 1. The van der Waals surface area contributed by atoms with Gasteiger partial charge in [-0.1, -0.05) is 24.3 Å². The van der Waals surface area contributed by atoms with Gasteiger partial charge in [0, 0.05) is 13.0 Å². The second-order valence-electron chi connectivity index (χ2n) is 5.95. The number of carbonyl (C=O) groups is 2. The standard InChI is InChI=1S/C17H23NO3/c1-17(16(21)18-12-5-4-10-15(19)20)11-6-8-13-7-2-3-9-14(13)17/h2-3,7,9H,4-6,8,10-12H2,1H3,(H,18,21)(H,19,20). The molecule has 2 rings (SSSR count). The molecule has 1 aliphatic carbocycles. The summed E-state index contributed by atoms with van der Waals surface area (Å²) in [7, 11) is 0. The zero-order valence-corrected chi connectivity index (χ0v) is 12.5. The summed E-state index contributed by atoms with van der Waals surface area (Å²) in [5.41, 5.74) is 1.95. The van der Waals surface area contributed by atoms with E-state index in [1.54, 1.807) is 0 Å². The lowest BCUT2D eigenvalue weighted by atomic mass is 9.70. The van der Waals surface area contributed by atoms with Gasteiger partial charge in [0.05, 0.1) is 5.41 Å². The molecule has 1 aromatic rings. The Hall–Kier alpha value is -1.84. The lowest BCUT2D eigenvalue weighted by molar-refractivity contribution is -0.137. The molecule has 1 atom stereocenters. The van der Waals surface area contributed by atoms with Crippen molar-refractivity contribution >= 4 is 11.9 Å². The molecule has 2 N–H and O–H groups in total. The van der Waals surface area contributed by atoms with Gasteiger partial charge in [-0.25, -0.2) is 0 Å². The molecule has 0 bridgehead atoms. The molecule has 0 radical (unpaired) electrons. The number of benzene rings is 1. The van der Waals surface area contributed by atoms with Crippen molar-refractivity contribution in [3.05, 3.63) is 35.4 Å². The van der Waals surface area contributed by atoms with Crippen LogP contribution in [0.15, 0.2) is 24.3 Å². The summed E-state index contributed by atoms with van der Waals surface area (Å²) in [6.07, 6.45) is 4.40. The Morgan fingerprint density at radius 1 is 1.29 bits per heavy atom. The van der Waals surface area contributed by atoms with Gasteiger partial charge in [0.25, 0.3) is 0 Å². The topological polar surface area (TPSA) is 66.4 Å². The zero-order valence-electron chi connectivity index (χ0n) is 12.5. The average Bonchev–Trinajstić information content (AvgIpc) is 2.47. The van der Waals surface area contributed by atoms with E-state index in [9.17, 15) is 9.59 Å². The van der Waals surface area contributed by atoms with Gasteiger partial charge in [-0.15, -0.1) is 0 Å². The summed E-state index contributed by atoms with van der Waals surface area (Å²) >= 11 is 0. The van der Waals surface area contributed by atoms with E-state index in [2.05, 4.69) is 17.4 Å². The normalized spacial score (nSPS) is 20.6. The summed E-state index contributed by atoms with van der Waals surface area (Å²) in [5.74, 6) is -0.723. The van der Waals surface area contributed by atoms with Crippen molar-refractivity contribution in [2.24, 2.45) is 0 Å². The largest absolute Gasteiger partial charge is 0.481 e. The fourth-order valence-electron chi connectivity index (χ4n) is 3.08. The monoisotopic (exact) mass is 289 g/mol. The minimum Gasteiger partial charge on any atom is -0.481 e. The molecule has 0 saturated heterocycles. The summed E-state index contributed by atoms with van der Waals surface area (Å²) in [6.45, 7) is 2.56. The maximum absolute atomic E-state index is 12.6. The van der Waals surface area contributed by atoms with Gasteiger partial charge in [-0.3, -0.25) is 9.59 Å². The van der Waals surface area contributed by atoms with Crippen molar-refractivity contribution in [2.75, 3.05) is 6.54 Å². The first-order valence-electron chi connectivity index (χ1n) is 7.62. The van der Waals surface area contributed by atoms with Gasteiger partial charge in [-0.2, -0.15) is 0 Å². The van der Waals surface area contributed by atoms with Gasteiger partial charge < -0.3 is 10.4 Å². The Labute approximate surface area is 125 Å². The summed E-state index contributed by atoms with van der Waals surface area (Å²) in [6, 6.07) is 8.17. The van der Waals surface area contributed by atoms with Crippen molar-refractivity contribution < 1.29 is 14.7 Å². The number of hydrogen-bond acceptors (Lipinski definition) is 2. The number of amides is 1. The summed E-state index contributed by atoms with van der Waals surface area (Å²) in [4.78, 5) is 23.0. The number of carboxylic acid groups (broad SMARTS) is 1. The van der Waals surface area contributed by atoms with Crippen LogP contribution in [0, 0.1) is 0 Å². The third-order valence-corrected chi connectivity index (χ3v) is 4.34. The average molecular weight is 289 g/mol. The Bertz CT molecular complexity index is 527. The van der Waals surface area contributed by atoms with Crippen LogP contribution in [0.2, 0.25) is 0 Å². The SMILES string of the molecule is CC1(C(=O)NCCCCC(=O)O)CCCc2ccccc21. The minimum absolute atomic E-state index is 0.0602. The fraction of sp³-hybridized carbons (Fsp3) is 0.529. The molecular weight excluding hydrogens is 266 g/mol. The molecule has 4 nitrogen and oxygen atoms in total. The number of rotatable bonds is 6. The number of hydrogen-bond donors (Lipinski definition) is 2. The van der Waals surface area contributed by atoms with E-state index < -0.39 is 11.4 Å². The van der Waals surface area contributed by atoms with Crippen LogP contribution in [-0.4, -0.2) is 23.5 Å². The highest BCUT2D eigenvalue weighted by molar-refractivity contribution is 5.88. The van der Waals surface area contributed by atoms with Crippen LogP contribution in [0.5, 0.6) is 0 Å². The quantitative estimate of drug-likeness (QED) is 0.791. The fourth-order valence-corrected chi connectivity index (χ4v) is 3.08. The molecule has 0 aliphatic heterocycles. The molecular formula is C17H23NO3. The Morgan fingerprint density at radius 3 is 2.81 bits per heavy atom. The van der Waals surface area contributed by atoms with E-state index in [1.807, 2.05) is 19.1 Å². The molecule has 1 aromatic carbocycles. The number of unbranched alkanes of at least 4 members (excludes halogenated alkanes) is 1. The van der Waals surface area contributed by atoms with E-state index >= 15 is 0 Å². The molecule has 1 amide bonds. The molecule has 114 valence electrons. The maximum Gasteiger partial charge on any atom is 0.303 e. The predicted octanol–water partition coefficient (Wildman–Crippen LogP) is 2.65. The Morgan fingerprint density at radius 2 is 2.05 bits per heavy atom. The van der Waals surface area contributed by atoms with E-state index in [1.165, 1.54) is 5.56 Å². The highest BCUT2D eigenvalue weighted by atomic mass is 16.4. The van der Waals surface area contributed by atoms with Gasteiger partial charge in [0.1, 0.15) is 0 Å². The third-order valence-electron chi connectivity index (χ3n) is 4.34. The maximum atomic E-state index is 12.6. The molecule has 4 heteroatoms. The highest BCUT2D eigenvalue weighted by Crippen LogP contribution is 2.37. The van der Waals surface area contributed by atoms with Crippen molar-refractivity contribution in [2.45, 2.75) is 50.9 Å². The lowest BCUT2D eigenvalue weighted by Crippen LogP contribution is -2.44. The summed E-state index contributed by atoms with van der Waals surface area (Å²) in [5, 5.41) is 11.6. The van der Waals surface area contributed by atoms with Gasteiger partial charge in [0.2, 0.25) is 5.91 Å². The number of nitrogens with one attached hydrogen (secondary N) is 1. The van der Waals surface area contributed by atoms with Crippen molar-refractivity contribution in [3.63, 3.8) is 0 Å². The zero-order chi connectivity index (χ0) is 15.3. The van der Waals surface area contributed by atoms with Crippen LogP contribution in [0.3, 0.4) is 0 Å². The number of carbonyl (C=O) groups excluding carboxylic acids is 1. The predicted molar refractivity (Wildman–Crippen MR) is 81.2 cm³/mol. The van der Waals surface area contributed by atoms with Crippen LogP contribution >= 0.6 is 0 Å². The van der Waals surface area contributed by atoms with E-state index in [-0.39, 0.29) is 12.3 Å². The highest BCUT2D eigenvalue weighted by Gasteiger charge is 2.38. The van der Waals surface area contributed by atoms with Crippen LogP contribution < -0.4 is 5.32 Å². The molecule has 0 spiro atoms. The van der Waals surface area contributed by atoms with Crippen molar-refractivity contribution in [1.29, 1.82) is 0 Å². The van der Waals surface area contributed by atoms with E-state index in [0.717, 1.165) is 24.8 Å². The Kier molecular flexibility index (Phi) is 4.99. The van der Waals surface area contributed by atoms with Gasteiger partial charge >= 0.3 is 5.97 Å². The molecule has 0 fully saturated rings. The smallest absolute Gasteiger partial charge is 0.303 e. The van der Waals surface area contributed by atoms with Crippen LogP contribution in [0.25, 0.3) is 0 Å². The van der Waals surface area contributed by atoms with Crippen molar-refractivity contribution in [3.8, 4) is 0 Å². The first-order valence-corrected chi connectivity index (χ1v) is 7.62.